The van der Waals surface area contributed by atoms with Gasteiger partial charge in [-0.05, 0) is 17.7 Å². The van der Waals surface area contributed by atoms with Gasteiger partial charge in [-0.1, -0.05) is 42.5 Å². The quantitative estimate of drug-likeness (QED) is 0.500. The summed E-state index contributed by atoms with van der Waals surface area (Å²) < 4.78 is 0. The Morgan fingerprint density at radius 3 is 2.29 bits per heavy atom. The molecule has 0 aromatic heterocycles. The number of hydrogen-bond acceptors (Lipinski definition) is 5. The second kappa shape index (κ2) is 7.92. The van der Waals surface area contributed by atoms with Crippen molar-refractivity contribution in [1.82, 2.24) is 0 Å². The first-order chi connectivity index (χ1) is 11.7. The number of aromatic carboxylic acids is 1. The van der Waals surface area contributed by atoms with Crippen LogP contribution < -0.4 is 5.43 Å². The lowest BCUT2D eigenvalue weighted by Crippen LogP contribution is -2.02. The Balaban J connectivity index is 2.35. The Kier molecular flexibility index (Phi) is 5.44. The average Bonchev–Trinajstić information content (AvgIpc) is 2.62. The van der Waals surface area contributed by atoms with E-state index in [4.69, 9.17) is 15.6 Å². The minimum absolute atomic E-state index is 0.0701. The maximum Gasteiger partial charge on any atom is 0.337 e. The Hall–Kier alpha value is -3.90. The molecule has 0 aliphatic rings. The van der Waals surface area contributed by atoms with Crippen molar-refractivity contribution in [2.75, 3.05) is 5.43 Å². The molecule has 2 aromatic rings. The van der Waals surface area contributed by atoms with E-state index < -0.39 is 5.97 Å². The third kappa shape index (κ3) is 3.85. The lowest BCUT2D eigenvalue weighted by molar-refractivity contribution is 0.0698. The topological polar surface area (TPSA) is 109 Å². The number of para-hydroxylation sites is 1. The van der Waals surface area contributed by atoms with E-state index >= 15 is 0 Å². The molecular weight excluding hydrogens is 304 g/mol. The SMILES string of the molecule is N#CC(C#N)=C(/C=N\Nc1ccccc1C(=O)O)c1ccccc1. The van der Waals surface area contributed by atoms with E-state index in [-0.39, 0.29) is 11.1 Å². The fourth-order valence-corrected chi connectivity index (χ4v) is 1.98. The van der Waals surface area contributed by atoms with Crippen molar-refractivity contribution < 1.29 is 9.90 Å². The molecule has 0 heterocycles. The van der Waals surface area contributed by atoms with Crippen LogP contribution >= 0.6 is 0 Å². The Bertz CT molecular complexity index is 871. The zero-order valence-electron chi connectivity index (χ0n) is 12.5. The van der Waals surface area contributed by atoms with Gasteiger partial charge in [-0.25, -0.2) is 4.79 Å². The molecule has 0 radical (unpaired) electrons. The molecule has 0 fully saturated rings. The van der Waals surface area contributed by atoms with Crippen LogP contribution in [0.25, 0.3) is 5.57 Å². The van der Waals surface area contributed by atoms with E-state index in [2.05, 4.69) is 10.5 Å². The number of carbonyl (C=O) groups is 1. The van der Waals surface area contributed by atoms with E-state index in [9.17, 15) is 4.79 Å². The molecule has 2 rings (SSSR count). The Morgan fingerprint density at radius 2 is 1.67 bits per heavy atom. The highest BCUT2D eigenvalue weighted by Gasteiger charge is 2.09. The predicted molar refractivity (Wildman–Crippen MR) is 90.1 cm³/mol. The van der Waals surface area contributed by atoms with E-state index in [1.54, 1.807) is 42.5 Å². The van der Waals surface area contributed by atoms with E-state index in [0.29, 0.717) is 16.8 Å². The first-order valence-corrected chi connectivity index (χ1v) is 6.88. The van der Waals surface area contributed by atoms with Crippen LogP contribution in [-0.4, -0.2) is 17.3 Å². The molecule has 0 spiro atoms. The third-order valence-corrected chi connectivity index (χ3v) is 3.11. The molecule has 0 unspecified atom stereocenters. The summed E-state index contributed by atoms with van der Waals surface area (Å²) in [6.07, 6.45) is 1.33. The monoisotopic (exact) mass is 316 g/mol. The largest absolute Gasteiger partial charge is 0.478 e. The highest BCUT2D eigenvalue weighted by molar-refractivity contribution is 6.13. The molecule has 6 heteroatoms. The van der Waals surface area contributed by atoms with Gasteiger partial charge in [0, 0.05) is 5.57 Å². The predicted octanol–water partition coefficient (Wildman–Crippen LogP) is 3.28. The number of nitrogens with zero attached hydrogens (tertiary/aromatic N) is 3. The molecule has 0 saturated heterocycles. The number of allylic oxidation sites excluding steroid dienone is 2. The maximum atomic E-state index is 11.2. The zero-order valence-corrected chi connectivity index (χ0v) is 12.5. The zero-order chi connectivity index (χ0) is 17.4. The van der Waals surface area contributed by atoms with Gasteiger partial charge in [-0.3, -0.25) is 5.43 Å². The number of benzene rings is 2. The van der Waals surface area contributed by atoms with Gasteiger partial charge in [0.1, 0.15) is 17.7 Å². The van der Waals surface area contributed by atoms with Gasteiger partial charge in [0.25, 0.3) is 0 Å². The number of nitrogens with one attached hydrogen (secondary N) is 1. The van der Waals surface area contributed by atoms with Crippen LogP contribution in [-0.2, 0) is 0 Å². The van der Waals surface area contributed by atoms with E-state index in [1.165, 1.54) is 12.3 Å². The Morgan fingerprint density at radius 1 is 1.04 bits per heavy atom. The van der Waals surface area contributed by atoms with Crippen LogP contribution in [0.4, 0.5) is 5.69 Å². The smallest absolute Gasteiger partial charge is 0.337 e. The maximum absolute atomic E-state index is 11.2. The normalized spacial score (nSPS) is 9.75. The molecule has 0 bridgehead atoms. The first kappa shape index (κ1) is 16.5. The molecule has 0 aliphatic heterocycles. The van der Waals surface area contributed by atoms with Gasteiger partial charge in [0.05, 0.1) is 17.5 Å². The molecule has 6 nitrogen and oxygen atoms in total. The minimum atomic E-state index is -1.08. The third-order valence-electron chi connectivity index (χ3n) is 3.11. The van der Waals surface area contributed by atoms with Crippen molar-refractivity contribution in [3.8, 4) is 12.1 Å². The van der Waals surface area contributed by atoms with Crippen molar-refractivity contribution in [2.45, 2.75) is 0 Å². The molecule has 2 N–H and O–H groups in total. The second-order valence-electron chi connectivity index (χ2n) is 4.60. The van der Waals surface area contributed by atoms with Crippen molar-refractivity contribution >= 4 is 23.4 Å². The van der Waals surface area contributed by atoms with Gasteiger partial charge in [0.15, 0.2) is 0 Å². The van der Waals surface area contributed by atoms with E-state index in [0.717, 1.165) is 0 Å². The van der Waals surface area contributed by atoms with Crippen molar-refractivity contribution in [1.29, 1.82) is 10.5 Å². The summed E-state index contributed by atoms with van der Waals surface area (Å²) in [5.74, 6) is -1.08. The van der Waals surface area contributed by atoms with Crippen LogP contribution in [0.1, 0.15) is 15.9 Å². The van der Waals surface area contributed by atoms with Gasteiger partial charge in [-0.2, -0.15) is 15.6 Å². The number of nitriles is 2. The lowest BCUT2D eigenvalue weighted by atomic mass is 10.0. The molecule has 0 atom stereocenters. The molecule has 2 aromatic carbocycles. The summed E-state index contributed by atoms with van der Waals surface area (Å²) >= 11 is 0. The highest BCUT2D eigenvalue weighted by Crippen LogP contribution is 2.18. The van der Waals surface area contributed by atoms with E-state index in [1.807, 2.05) is 18.2 Å². The van der Waals surface area contributed by atoms with Crippen LogP contribution in [0.5, 0.6) is 0 Å². The van der Waals surface area contributed by atoms with Gasteiger partial charge < -0.3 is 5.11 Å². The fourth-order valence-electron chi connectivity index (χ4n) is 1.98. The van der Waals surface area contributed by atoms with Gasteiger partial charge in [0.2, 0.25) is 0 Å². The van der Waals surface area contributed by atoms with Crippen LogP contribution in [0, 0.1) is 22.7 Å². The van der Waals surface area contributed by atoms with Gasteiger partial charge >= 0.3 is 5.97 Å². The Labute approximate surface area is 138 Å². The number of carboxylic acid groups (broad SMARTS) is 1. The molecular formula is C18H12N4O2. The molecule has 0 aliphatic carbocycles. The van der Waals surface area contributed by atoms with Crippen LogP contribution in [0.3, 0.4) is 0 Å². The summed E-state index contributed by atoms with van der Waals surface area (Å²) in [6.45, 7) is 0. The first-order valence-electron chi connectivity index (χ1n) is 6.88. The van der Waals surface area contributed by atoms with Crippen molar-refractivity contribution in [3.05, 3.63) is 71.3 Å². The molecule has 116 valence electrons. The molecule has 0 saturated carbocycles. The molecule has 0 amide bonds. The standard InChI is InChI=1S/C18H12N4O2/c19-10-14(11-20)16(13-6-2-1-3-7-13)12-21-22-17-9-5-4-8-15(17)18(23)24/h1-9,12,22H,(H,23,24)/b21-12-. The number of anilines is 1. The summed E-state index contributed by atoms with van der Waals surface area (Å²) in [7, 11) is 0. The van der Waals surface area contributed by atoms with Crippen LogP contribution in [0.2, 0.25) is 0 Å². The highest BCUT2D eigenvalue weighted by atomic mass is 16.4. The summed E-state index contributed by atoms with van der Waals surface area (Å²) in [4.78, 5) is 11.2. The number of carboxylic acids is 1. The molecule has 24 heavy (non-hydrogen) atoms. The van der Waals surface area contributed by atoms with Gasteiger partial charge in [-0.15, -0.1) is 0 Å². The summed E-state index contributed by atoms with van der Waals surface area (Å²) in [6, 6.07) is 18.9. The minimum Gasteiger partial charge on any atom is -0.478 e. The summed E-state index contributed by atoms with van der Waals surface area (Å²) in [5.41, 5.74) is 3.94. The second-order valence-corrected chi connectivity index (χ2v) is 4.60. The fraction of sp³-hybridized carbons (Fsp3) is 0. The van der Waals surface area contributed by atoms with Crippen LogP contribution in [0.15, 0.2) is 65.3 Å². The number of hydrazone groups is 1. The average molecular weight is 316 g/mol. The number of hydrogen-bond donors (Lipinski definition) is 2. The number of rotatable bonds is 5. The van der Waals surface area contributed by atoms with Crippen molar-refractivity contribution in [2.24, 2.45) is 5.10 Å². The van der Waals surface area contributed by atoms with Crippen molar-refractivity contribution in [3.63, 3.8) is 0 Å². The summed E-state index contributed by atoms with van der Waals surface area (Å²) in [5, 5.41) is 31.3. The lowest BCUT2D eigenvalue weighted by Gasteiger charge is -2.05.